The normalized spacial score (nSPS) is 13.4. The SMILES string of the molecule is Cl.O=C(Nc1sc2c(c1-c1nc3ccccc3s1)CCN(Cc1ccccc1)C2)c1sc2ccccc2c1Cl. The highest BCUT2D eigenvalue weighted by Gasteiger charge is 2.29. The Bertz CT molecular complexity index is 1780. The van der Waals surface area contributed by atoms with Crippen molar-refractivity contribution < 1.29 is 4.79 Å². The summed E-state index contributed by atoms with van der Waals surface area (Å²) in [6, 6.07) is 26.7. The average Bonchev–Trinajstić information content (AvgIpc) is 3.62. The molecule has 1 N–H and O–H groups in total. The van der Waals surface area contributed by atoms with Crippen molar-refractivity contribution in [2.24, 2.45) is 0 Å². The maximum Gasteiger partial charge on any atom is 0.267 e. The summed E-state index contributed by atoms with van der Waals surface area (Å²) in [4.78, 5) is 22.9. The summed E-state index contributed by atoms with van der Waals surface area (Å²) in [5.41, 5.74) is 4.66. The Balaban J connectivity index is 0.00000277. The van der Waals surface area contributed by atoms with Crippen molar-refractivity contribution in [2.45, 2.75) is 19.5 Å². The zero-order valence-electron chi connectivity index (χ0n) is 20.6. The molecule has 0 saturated heterocycles. The lowest BCUT2D eigenvalue weighted by Crippen LogP contribution is -2.29. The van der Waals surface area contributed by atoms with Crippen LogP contribution in [0.5, 0.6) is 0 Å². The maximum atomic E-state index is 13.6. The number of amides is 1. The third-order valence-corrected chi connectivity index (χ3v) is 10.7. The molecular formula is C30H23Cl2N3OS3. The molecule has 3 aromatic heterocycles. The number of aromatic nitrogens is 1. The molecule has 0 atom stereocenters. The largest absolute Gasteiger partial charge is 0.312 e. The number of thiophene rings is 2. The number of benzene rings is 3. The lowest BCUT2D eigenvalue weighted by Gasteiger charge is -2.27. The van der Waals surface area contributed by atoms with Crippen LogP contribution in [0.15, 0.2) is 78.9 Å². The number of para-hydroxylation sites is 1. The number of fused-ring (bicyclic) bond motifs is 3. The Morgan fingerprint density at radius 2 is 1.67 bits per heavy atom. The summed E-state index contributed by atoms with van der Waals surface area (Å²) < 4.78 is 2.16. The van der Waals surface area contributed by atoms with Crippen LogP contribution in [-0.4, -0.2) is 22.3 Å². The van der Waals surface area contributed by atoms with E-state index in [0.29, 0.717) is 9.90 Å². The number of nitrogens with zero attached hydrogens (tertiary/aromatic N) is 2. The van der Waals surface area contributed by atoms with Crippen LogP contribution in [0, 0.1) is 0 Å². The standard InChI is InChI=1S/C30H22ClN3OS3.ClH/c31-26-20-10-4-6-12-22(20)36-27(26)28(35)33-30-25(29-32-21-11-5-7-13-23(21)37-29)19-14-15-34(17-24(19)38-30)16-18-8-2-1-3-9-18;/h1-13H,14-17H2,(H,33,35);1H. The van der Waals surface area contributed by atoms with E-state index < -0.39 is 0 Å². The maximum absolute atomic E-state index is 13.6. The van der Waals surface area contributed by atoms with Gasteiger partial charge in [0.1, 0.15) is 14.9 Å². The second-order valence-electron chi connectivity index (χ2n) is 9.34. The first-order valence-corrected chi connectivity index (χ1v) is 15.2. The van der Waals surface area contributed by atoms with Gasteiger partial charge in [-0.15, -0.1) is 46.4 Å². The predicted octanol–water partition coefficient (Wildman–Crippen LogP) is 9.13. The number of anilines is 1. The molecule has 6 aromatic rings. The summed E-state index contributed by atoms with van der Waals surface area (Å²) in [6.07, 6.45) is 0.920. The monoisotopic (exact) mass is 607 g/mol. The lowest BCUT2D eigenvalue weighted by atomic mass is 10.0. The highest BCUT2D eigenvalue weighted by Crippen LogP contribution is 2.46. The van der Waals surface area contributed by atoms with E-state index in [-0.39, 0.29) is 18.3 Å². The number of rotatable bonds is 5. The quantitative estimate of drug-likeness (QED) is 0.212. The van der Waals surface area contributed by atoms with E-state index in [4.69, 9.17) is 16.6 Å². The topological polar surface area (TPSA) is 45.2 Å². The van der Waals surface area contributed by atoms with Gasteiger partial charge in [-0.25, -0.2) is 4.98 Å². The molecule has 39 heavy (non-hydrogen) atoms. The van der Waals surface area contributed by atoms with E-state index in [2.05, 4.69) is 46.6 Å². The van der Waals surface area contributed by atoms with Crippen LogP contribution in [0.2, 0.25) is 5.02 Å². The highest BCUT2D eigenvalue weighted by molar-refractivity contribution is 7.23. The van der Waals surface area contributed by atoms with E-state index in [1.54, 1.807) is 22.7 Å². The minimum absolute atomic E-state index is 0. The summed E-state index contributed by atoms with van der Waals surface area (Å²) in [7, 11) is 0. The summed E-state index contributed by atoms with van der Waals surface area (Å²) in [6.45, 7) is 2.73. The van der Waals surface area contributed by atoms with Gasteiger partial charge in [-0.2, -0.15) is 0 Å². The zero-order valence-corrected chi connectivity index (χ0v) is 24.7. The third kappa shape index (κ3) is 4.99. The van der Waals surface area contributed by atoms with Gasteiger partial charge in [-0.3, -0.25) is 9.69 Å². The van der Waals surface area contributed by atoms with Crippen LogP contribution >= 0.6 is 58.0 Å². The molecule has 0 unspecified atom stereocenters. The Hall–Kier alpha value is -2.78. The third-order valence-electron chi connectivity index (χ3n) is 6.86. The molecule has 7 rings (SSSR count). The molecule has 1 aliphatic heterocycles. The second kappa shape index (κ2) is 11.0. The van der Waals surface area contributed by atoms with Crippen LogP contribution < -0.4 is 5.32 Å². The first-order chi connectivity index (χ1) is 18.6. The minimum Gasteiger partial charge on any atom is -0.312 e. The molecule has 0 saturated carbocycles. The van der Waals surface area contributed by atoms with Crippen molar-refractivity contribution in [3.05, 3.63) is 105 Å². The first-order valence-electron chi connectivity index (χ1n) is 12.4. The molecule has 0 bridgehead atoms. The molecule has 4 nitrogen and oxygen atoms in total. The van der Waals surface area contributed by atoms with Gasteiger partial charge in [0, 0.05) is 40.2 Å². The van der Waals surface area contributed by atoms with Crippen LogP contribution in [0.25, 0.3) is 30.9 Å². The smallest absolute Gasteiger partial charge is 0.267 e. The molecule has 1 amide bonds. The number of carbonyl (C=O) groups excluding carboxylic acids is 1. The molecule has 4 heterocycles. The van der Waals surface area contributed by atoms with Crippen molar-refractivity contribution in [1.82, 2.24) is 9.88 Å². The molecule has 3 aromatic carbocycles. The molecule has 0 aliphatic carbocycles. The van der Waals surface area contributed by atoms with Gasteiger partial charge in [-0.1, -0.05) is 72.3 Å². The van der Waals surface area contributed by atoms with E-state index in [1.807, 2.05) is 42.5 Å². The van der Waals surface area contributed by atoms with Gasteiger partial charge in [-0.05, 0) is 35.7 Å². The van der Waals surface area contributed by atoms with Gasteiger partial charge in [0.2, 0.25) is 0 Å². The number of thiazole rings is 1. The Morgan fingerprint density at radius 3 is 2.46 bits per heavy atom. The number of nitrogens with one attached hydrogen (secondary N) is 1. The predicted molar refractivity (Wildman–Crippen MR) is 169 cm³/mol. The van der Waals surface area contributed by atoms with Gasteiger partial charge in [0.15, 0.2) is 0 Å². The highest BCUT2D eigenvalue weighted by atomic mass is 35.5. The van der Waals surface area contributed by atoms with Gasteiger partial charge in [0.25, 0.3) is 5.91 Å². The fourth-order valence-electron chi connectivity index (χ4n) is 5.05. The van der Waals surface area contributed by atoms with Crippen LogP contribution in [-0.2, 0) is 19.5 Å². The van der Waals surface area contributed by atoms with Gasteiger partial charge < -0.3 is 5.32 Å². The van der Waals surface area contributed by atoms with E-state index in [9.17, 15) is 4.79 Å². The van der Waals surface area contributed by atoms with Crippen molar-refractivity contribution in [1.29, 1.82) is 0 Å². The van der Waals surface area contributed by atoms with Crippen molar-refractivity contribution in [2.75, 3.05) is 11.9 Å². The molecular weight excluding hydrogens is 585 g/mol. The molecule has 1 aliphatic rings. The molecule has 0 spiro atoms. The minimum atomic E-state index is -0.168. The number of carbonyl (C=O) groups is 1. The van der Waals surface area contributed by atoms with E-state index in [0.717, 1.165) is 61.9 Å². The molecule has 0 fully saturated rings. The fraction of sp³-hybridized carbons (Fsp3) is 0.133. The average molecular weight is 609 g/mol. The summed E-state index contributed by atoms with van der Waals surface area (Å²) in [5, 5.41) is 6.49. The Kier molecular flexibility index (Phi) is 7.46. The molecule has 9 heteroatoms. The van der Waals surface area contributed by atoms with Crippen LogP contribution in [0.1, 0.15) is 25.7 Å². The van der Waals surface area contributed by atoms with Crippen molar-refractivity contribution >= 4 is 89.2 Å². The Morgan fingerprint density at radius 1 is 0.923 bits per heavy atom. The van der Waals surface area contributed by atoms with Gasteiger partial charge >= 0.3 is 0 Å². The Labute approximate surface area is 249 Å². The van der Waals surface area contributed by atoms with Crippen LogP contribution in [0.3, 0.4) is 0 Å². The van der Waals surface area contributed by atoms with Crippen LogP contribution in [0.4, 0.5) is 5.00 Å². The second-order valence-corrected chi connectivity index (χ2v) is 12.9. The zero-order chi connectivity index (χ0) is 25.6. The number of hydrogen-bond acceptors (Lipinski definition) is 6. The number of halogens is 2. The molecule has 196 valence electrons. The summed E-state index contributed by atoms with van der Waals surface area (Å²) in [5.74, 6) is -0.168. The molecule has 0 radical (unpaired) electrons. The van der Waals surface area contributed by atoms with Crippen molar-refractivity contribution in [3.63, 3.8) is 0 Å². The lowest BCUT2D eigenvalue weighted by molar-refractivity contribution is 0.103. The number of hydrogen-bond donors (Lipinski definition) is 1. The first kappa shape index (κ1) is 26.4. The van der Waals surface area contributed by atoms with E-state index >= 15 is 0 Å². The fourth-order valence-corrected chi connectivity index (χ4v) is 8.85. The van der Waals surface area contributed by atoms with Crippen molar-refractivity contribution in [3.8, 4) is 10.6 Å². The summed E-state index contributed by atoms with van der Waals surface area (Å²) >= 11 is 11.4. The van der Waals surface area contributed by atoms with E-state index in [1.165, 1.54) is 27.3 Å². The van der Waals surface area contributed by atoms with Gasteiger partial charge in [0.05, 0.1) is 15.2 Å².